The van der Waals surface area contributed by atoms with Crippen molar-refractivity contribution in [1.29, 1.82) is 0 Å². The summed E-state index contributed by atoms with van der Waals surface area (Å²) in [5.41, 5.74) is 14.9. The number of hydrogen-bond donors (Lipinski definition) is 0. The van der Waals surface area contributed by atoms with Crippen LogP contribution in [0.5, 0.6) is 11.5 Å². The molecular weight excluding hydrogens is 918 g/mol. The van der Waals surface area contributed by atoms with E-state index in [1.165, 1.54) is 38.9 Å². The molecule has 6 nitrogen and oxygen atoms in total. The molecule has 300 valence electrons. The average Bonchev–Trinajstić information content (AvgIpc) is 3.92. The maximum atomic E-state index is 6.63. The van der Waals surface area contributed by atoms with Gasteiger partial charge in [-0.25, -0.2) is 0 Å². The van der Waals surface area contributed by atoms with Gasteiger partial charge in [-0.2, -0.15) is 0 Å². The van der Waals surface area contributed by atoms with Crippen LogP contribution < -0.4 is 4.74 Å². The third kappa shape index (κ3) is 6.30. The minimum absolute atomic E-state index is 0. The zero-order valence-corrected chi connectivity index (χ0v) is 37.5. The van der Waals surface area contributed by atoms with E-state index >= 15 is 0 Å². The predicted molar refractivity (Wildman–Crippen MR) is 243 cm³/mol. The molecule has 5 aromatic heterocycles. The van der Waals surface area contributed by atoms with Gasteiger partial charge in [-0.3, -0.25) is 15.0 Å². The molecule has 5 aromatic carbocycles. The monoisotopic (exact) mass is 964 g/mol. The van der Waals surface area contributed by atoms with Crippen molar-refractivity contribution in [2.24, 2.45) is 0 Å². The fourth-order valence-electron chi connectivity index (χ4n) is 9.22. The number of nitrogens with zero attached hydrogens (tertiary/aromatic N) is 5. The molecule has 0 aliphatic heterocycles. The number of fused-ring (bicyclic) bond motifs is 12. The van der Waals surface area contributed by atoms with Crippen LogP contribution in [0.1, 0.15) is 101 Å². The Kier molecular flexibility index (Phi) is 10.1. The number of benzene rings is 5. The van der Waals surface area contributed by atoms with Crippen molar-refractivity contribution in [3.05, 3.63) is 150 Å². The summed E-state index contributed by atoms with van der Waals surface area (Å²) in [5.74, 6) is 2.57. The van der Waals surface area contributed by atoms with Crippen molar-refractivity contribution in [2.45, 2.75) is 79.1 Å². The first-order valence-corrected chi connectivity index (χ1v) is 20.9. The number of imidazole rings is 2. The molecule has 0 saturated carbocycles. The van der Waals surface area contributed by atoms with E-state index in [2.05, 4.69) is 155 Å². The zero-order chi connectivity index (χ0) is 40.7. The van der Waals surface area contributed by atoms with Crippen LogP contribution >= 0.6 is 0 Å². The fraction of sp³-hybridized carbons (Fsp3) is 0.226. The Hall–Kier alpha value is -5.84. The molecule has 0 aliphatic carbocycles. The van der Waals surface area contributed by atoms with Crippen LogP contribution in [0, 0.1) is 12.1 Å². The van der Waals surface area contributed by atoms with Crippen LogP contribution in [0.15, 0.2) is 116 Å². The molecule has 10 rings (SSSR count). The first-order chi connectivity index (χ1) is 28.6. The van der Waals surface area contributed by atoms with E-state index in [1.54, 1.807) is 0 Å². The number of ether oxygens (including phenoxy) is 1. The molecule has 0 saturated heterocycles. The Bertz CT molecular complexity index is 3230. The second-order valence-corrected chi connectivity index (χ2v) is 17.1. The molecule has 0 spiro atoms. The molecule has 10 aromatic rings. The Morgan fingerprint density at radius 2 is 1.12 bits per heavy atom. The molecule has 0 atom stereocenters. The van der Waals surface area contributed by atoms with Gasteiger partial charge < -0.3 is 13.5 Å². The molecule has 0 N–H and O–H groups in total. The molecule has 0 amide bonds. The van der Waals surface area contributed by atoms with Gasteiger partial charge in [-0.1, -0.05) is 150 Å². The number of hydrogen-bond acceptors (Lipinski definition) is 4. The van der Waals surface area contributed by atoms with Gasteiger partial charge in [0.2, 0.25) is 0 Å². The van der Waals surface area contributed by atoms with Gasteiger partial charge in [-0.15, -0.1) is 12.1 Å². The van der Waals surface area contributed by atoms with Crippen LogP contribution in [-0.2, 0) is 21.1 Å². The van der Waals surface area contributed by atoms with Gasteiger partial charge >= 0.3 is 21.1 Å². The second kappa shape index (κ2) is 15.3. The van der Waals surface area contributed by atoms with E-state index in [-0.39, 0.29) is 21.1 Å². The summed E-state index contributed by atoms with van der Waals surface area (Å²) in [5, 5.41) is 4.94. The van der Waals surface area contributed by atoms with Gasteiger partial charge in [0, 0.05) is 47.4 Å². The maximum Gasteiger partial charge on any atom is 2.00 e. The van der Waals surface area contributed by atoms with Crippen LogP contribution in [0.4, 0.5) is 0 Å². The number of aromatic nitrogens is 5. The van der Waals surface area contributed by atoms with E-state index in [4.69, 9.17) is 19.7 Å². The molecular formula is C53H47N5OPt. The van der Waals surface area contributed by atoms with Gasteiger partial charge in [0.25, 0.3) is 0 Å². The zero-order valence-electron chi connectivity index (χ0n) is 35.2. The van der Waals surface area contributed by atoms with Gasteiger partial charge in [0.15, 0.2) is 0 Å². The summed E-state index contributed by atoms with van der Waals surface area (Å²) in [4.78, 5) is 14.7. The third-order valence-electron chi connectivity index (χ3n) is 12.0. The Balaban J connectivity index is 0.00000462. The maximum absolute atomic E-state index is 6.63. The topological polar surface area (TPSA) is 56.7 Å². The summed E-state index contributed by atoms with van der Waals surface area (Å²) in [6.45, 7) is 18.3. The average molecular weight is 965 g/mol. The minimum atomic E-state index is 0. The summed E-state index contributed by atoms with van der Waals surface area (Å²) in [7, 11) is 0. The van der Waals surface area contributed by atoms with Crippen molar-refractivity contribution < 1.29 is 25.8 Å². The van der Waals surface area contributed by atoms with E-state index in [9.17, 15) is 0 Å². The van der Waals surface area contributed by atoms with Gasteiger partial charge in [0.1, 0.15) is 0 Å². The van der Waals surface area contributed by atoms with E-state index in [0.717, 1.165) is 60.5 Å². The predicted octanol–water partition coefficient (Wildman–Crippen LogP) is 14.2. The van der Waals surface area contributed by atoms with Crippen LogP contribution in [0.25, 0.3) is 77.2 Å². The molecule has 0 aliphatic rings. The normalized spacial score (nSPS) is 12.1. The number of pyridine rings is 3. The van der Waals surface area contributed by atoms with Crippen molar-refractivity contribution in [3.63, 3.8) is 0 Å². The largest absolute Gasteiger partial charge is 2.00 e. The van der Waals surface area contributed by atoms with E-state index in [1.807, 2.05) is 36.8 Å². The Morgan fingerprint density at radius 1 is 0.533 bits per heavy atom. The fourth-order valence-corrected chi connectivity index (χ4v) is 9.22. The molecule has 5 heterocycles. The molecule has 60 heavy (non-hydrogen) atoms. The molecule has 0 bridgehead atoms. The number of rotatable bonds is 8. The molecule has 0 fully saturated rings. The second-order valence-electron chi connectivity index (χ2n) is 17.1. The summed E-state index contributed by atoms with van der Waals surface area (Å²) >= 11 is 0. The van der Waals surface area contributed by atoms with Crippen LogP contribution in [-0.4, -0.2) is 23.8 Å². The Labute approximate surface area is 365 Å². The van der Waals surface area contributed by atoms with Crippen molar-refractivity contribution in [2.75, 3.05) is 0 Å². The van der Waals surface area contributed by atoms with Crippen LogP contribution in [0.3, 0.4) is 0 Å². The summed E-state index contributed by atoms with van der Waals surface area (Å²) in [6, 6.07) is 40.0. The Morgan fingerprint density at radius 3 is 1.75 bits per heavy atom. The van der Waals surface area contributed by atoms with E-state index in [0.29, 0.717) is 35.2 Å². The quantitative estimate of drug-likeness (QED) is 0.112. The van der Waals surface area contributed by atoms with Gasteiger partial charge in [0.05, 0.1) is 28.0 Å². The molecule has 7 heteroatoms. The first kappa shape index (κ1) is 39.6. The minimum Gasteiger partial charge on any atom is -0.497 e. The summed E-state index contributed by atoms with van der Waals surface area (Å²) < 4.78 is 11.1. The molecule has 0 radical (unpaired) electrons. The summed E-state index contributed by atoms with van der Waals surface area (Å²) in [6.07, 6.45) is 7.67. The van der Waals surface area contributed by atoms with Crippen molar-refractivity contribution in [3.8, 4) is 33.9 Å². The van der Waals surface area contributed by atoms with Crippen LogP contribution in [0.2, 0.25) is 0 Å². The molecule has 0 unspecified atom stereocenters. The smallest absolute Gasteiger partial charge is 0.497 e. The SMILES string of the molecule is CC(C)c1cccc(C(C)C)c1-c1ccc2c3ccc(Oc4[c-]c5c(cc4)c4ncccc4n4ccnc54)[c-]c3c3ncc(-c4c(C(C)C)cccc4C(C)C)n3c2c1.[Pt+2]. The van der Waals surface area contributed by atoms with Crippen molar-refractivity contribution >= 4 is 54.8 Å². The standard InChI is InChI=1S/C53H47N5O.Pt/c1-30(2)37-12-9-13-38(31(3)4)49(37)34-17-20-42-41-21-18-35(59-36-19-22-43-45(28-36)52-55-24-25-57(52)46-16-11-23-54-51(43)46)27-44(41)53-56-29-48(58(53)47(42)26-34)50-39(32(5)6)14-10-15-40(50)33(7)8;/h9-26,29-33H,1-8H3;/q-2;+2. The third-order valence-corrected chi connectivity index (χ3v) is 12.0. The van der Waals surface area contributed by atoms with Gasteiger partial charge in [-0.05, 0) is 80.6 Å². The first-order valence-electron chi connectivity index (χ1n) is 20.9. The van der Waals surface area contributed by atoms with E-state index < -0.39 is 0 Å². The van der Waals surface area contributed by atoms with Crippen molar-refractivity contribution in [1.82, 2.24) is 23.8 Å².